The third kappa shape index (κ3) is 4.88. The van der Waals surface area contributed by atoms with Crippen molar-refractivity contribution in [1.29, 1.82) is 0 Å². The average Bonchev–Trinajstić information content (AvgIpc) is 3.85. The molecule has 6 aromatic heterocycles. The molecule has 0 amide bonds. The van der Waals surface area contributed by atoms with Crippen LogP contribution in [0.5, 0.6) is 11.6 Å². The molecule has 0 atom stereocenters. The summed E-state index contributed by atoms with van der Waals surface area (Å²) in [6.07, 6.45) is 0. The number of imidazole rings is 2. The van der Waals surface area contributed by atoms with E-state index in [9.17, 15) is 0 Å². The molecule has 0 saturated carbocycles. The predicted molar refractivity (Wildman–Crippen MR) is 200 cm³/mol. The van der Waals surface area contributed by atoms with E-state index in [1.807, 2.05) is 66.7 Å². The van der Waals surface area contributed by atoms with Crippen molar-refractivity contribution in [1.82, 2.24) is 23.9 Å². The molecule has 0 aliphatic rings. The van der Waals surface area contributed by atoms with Crippen LogP contribution in [0.3, 0.4) is 0 Å². The first-order valence-electron chi connectivity index (χ1n) is 17.1. The number of benzene rings is 4. The molecule has 0 N–H and O–H groups in total. The van der Waals surface area contributed by atoms with Crippen LogP contribution < -0.4 is 4.74 Å². The van der Waals surface area contributed by atoms with Crippen LogP contribution >= 0.6 is 0 Å². The van der Waals surface area contributed by atoms with Gasteiger partial charge < -0.3 is 18.0 Å². The smallest absolute Gasteiger partial charge is 0.459 e. The summed E-state index contributed by atoms with van der Waals surface area (Å²) in [6.45, 7) is 13.0. The van der Waals surface area contributed by atoms with E-state index in [0.717, 1.165) is 72.1 Å². The maximum Gasteiger partial charge on any atom is 2.00 e. The molecule has 0 unspecified atom stereocenters. The maximum absolute atomic E-state index is 6.84. The van der Waals surface area contributed by atoms with Crippen molar-refractivity contribution in [3.63, 3.8) is 0 Å². The Hall–Kier alpha value is -5.46. The molecule has 9 heteroatoms. The van der Waals surface area contributed by atoms with E-state index in [-0.39, 0.29) is 31.9 Å². The van der Waals surface area contributed by atoms with E-state index in [2.05, 4.69) is 86.9 Å². The van der Waals surface area contributed by atoms with Gasteiger partial charge in [0.25, 0.3) is 0 Å². The summed E-state index contributed by atoms with van der Waals surface area (Å²) in [5, 5.41) is 1.87. The molecule has 0 radical (unpaired) electrons. The molecule has 0 saturated heterocycles. The zero-order valence-corrected chi connectivity index (χ0v) is 31.7. The number of furan rings is 2. The summed E-state index contributed by atoms with van der Waals surface area (Å²) in [5.41, 5.74) is 9.67. The topological polar surface area (TPSA) is 83.5 Å². The largest absolute Gasteiger partial charge is 2.00 e. The van der Waals surface area contributed by atoms with E-state index >= 15 is 0 Å². The number of fused-ring (bicyclic) bond motifs is 5. The van der Waals surface area contributed by atoms with Gasteiger partial charge >= 0.3 is 21.1 Å². The van der Waals surface area contributed by atoms with Gasteiger partial charge in [0, 0.05) is 11.3 Å². The predicted octanol–water partition coefficient (Wildman–Crippen LogP) is 11.0. The Morgan fingerprint density at radius 2 is 1.50 bits per heavy atom. The minimum absolute atomic E-state index is 0. The normalized spacial score (nSPS) is 12.7. The van der Waals surface area contributed by atoms with Crippen LogP contribution in [-0.2, 0) is 31.9 Å². The number of para-hydroxylation sites is 3. The number of ether oxygens (including phenoxy) is 1. The Labute approximate surface area is 313 Å². The van der Waals surface area contributed by atoms with Gasteiger partial charge in [-0.3, -0.25) is 9.55 Å². The fourth-order valence-electron chi connectivity index (χ4n) is 7.15. The molecular formula is C43H33N5O3Pt. The van der Waals surface area contributed by atoms with Crippen LogP contribution in [0.15, 0.2) is 99.8 Å². The van der Waals surface area contributed by atoms with Crippen molar-refractivity contribution in [2.75, 3.05) is 0 Å². The van der Waals surface area contributed by atoms with Crippen molar-refractivity contribution in [2.24, 2.45) is 0 Å². The van der Waals surface area contributed by atoms with E-state index in [0.29, 0.717) is 28.9 Å². The fraction of sp³-hybridized carbons (Fsp3) is 0.186. The number of rotatable bonds is 4. The van der Waals surface area contributed by atoms with Gasteiger partial charge in [-0.15, -0.1) is 23.3 Å². The molecule has 258 valence electrons. The Morgan fingerprint density at radius 1 is 0.712 bits per heavy atom. The first-order valence-corrected chi connectivity index (χ1v) is 17.1. The quantitative estimate of drug-likeness (QED) is 0.164. The van der Waals surface area contributed by atoms with Crippen LogP contribution in [0.4, 0.5) is 0 Å². The van der Waals surface area contributed by atoms with Crippen molar-refractivity contribution in [3.8, 4) is 28.7 Å². The van der Waals surface area contributed by atoms with Gasteiger partial charge in [-0.2, -0.15) is 23.2 Å². The number of pyridine rings is 2. The molecular weight excluding hydrogens is 830 g/mol. The van der Waals surface area contributed by atoms with Gasteiger partial charge in [0.1, 0.15) is 22.6 Å². The van der Waals surface area contributed by atoms with Gasteiger partial charge in [0.05, 0.1) is 21.8 Å². The minimum Gasteiger partial charge on any atom is -0.459 e. The molecule has 0 aliphatic carbocycles. The third-order valence-corrected chi connectivity index (χ3v) is 9.71. The zero-order valence-electron chi connectivity index (χ0n) is 29.4. The fourth-order valence-corrected chi connectivity index (χ4v) is 7.15. The molecule has 52 heavy (non-hydrogen) atoms. The van der Waals surface area contributed by atoms with Crippen LogP contribution in [0.1, 0.15) is 52.7 Å². The Morgan fingerprint density at radius 3 is 2.31 bits per heavy atom. The van der Waals surface area contributed by atoms with Crippen molar-refractivity contribution >= 4 is 61.1 Å². The molecule has 4 aromatic carbocycles. The monoisotopic (exact) mass is 862 g/mol. The average molecular weight is 863 g/mol. The third-order valence-electron chi connectivity index (χ3n) is 9.71. The number of hydrogen-bond donors (Lipinski definition) is 0. The summed E-state index contributed by atoms with van der Waals surface area (Å²) in [6, 6.07) is 37.2. The Kier molecular flexibility index (Phi) is 7.03. The maximum atomic E-state index is 6.84. The molecule has 0 bridgehead atoms. The van der Waals surface area contributed by atoms with E-state index < -0.39 is 0 Å². The molecule has 10 rings (SSSR count). The van der Waals surface area contributed by atoms with E-state index in [4.69, 9.17) is 28.5 Å². The van der Waals surface area contributed by atoms with Crippen molar-refractivity contribution < 1.29 is 34.6 Å². The van der Waals surface area contributed by atoms with Crippen LogP contribution in [0.25, 0.3) is 78.2 Å². The van der Waals surface area contributed by atoms with Gasteiger partial charge in [-0.05, 0) is 70.0 Å². The van der Waals surface area contributed by atoms with E-state index in [1.165, 1.54) is 0 Å². The number of aromatic nitrogens is 5. The van der Waals surface area contributed by atoms with Crippen LogP contribution in [0, 0.1) is 12.1 Å². The van der Waals surface area contributed by atoms with Gasteiger partial charge in [-0.1, -0.05) is 71.9 Å². The summed E-state index contributed by atoms with van der Waals surface area (Å²) >= 11 is 0. The zero-order chi connectivity index (χ0) is 34.8. The standard InChI is InChI=1S/C43H33N5O3.Pt/c1-42(2,3)25-20-24(29-23-35-38-37-33(50-35)16-11-17-34(37)51-40(38)44-29)21-26(22-25)49-39-27(43(4,5)6)18-19-36(46-39)48-32-15-10-9-14-31(32)47-30-13-8-7-12-28(30)45-41(47)48;/h7-14,16-20,22-23H,1-6H3;/q-2;+2. The minimum atomic E-state index is -0.263. The molecule has 6 heterocycles. The first-order chi connectivity index (χ1) is 24.5. The second-order valence-electron chi connectivity index (χ2n) is 15.3. The molecule has 0 spiro atoms. The summed E-state index contributed by atoms with van der Waals surface area (Å²) in [7, 11) is 0. The first kappa shape index (κ1) is 32.4. The Balaban J connectivity index is 0.00000360. The van der Waals surface area contributed by atoms with Crippen molar-refractivity contribution in [3.05, 3.63) is 114 Å². The SMILES string of the molecule is CC(C)(C)c1cc(Oc2nc(-n3c4[c-]cccc4n4c5ccccc5nc34)ccc2C(C)(C)C)[c-]c(-c2cc3oc4cccc5oc(n2)c3c45)c1.[Pt+2]. The van der Waals surface area contributed by atoms with Gasteiger partial charge in [0.15, 0.2) is 0 Å². The summed E-state index contributed by atoms with van der Waals surface area (Å²) < 4.78 is 23.5. The van der Waals surface area contributed by atoms with Crippen LogP contribution in [0.2, 0.25) is 0 Å². The molecule has 0 fully saturated rings. The van der Waals surface area contributed by atoms with Gasteiger partial charge in [-0.25, -0.2) is 4.98 Å². The summed E-state index contributed by atoms with van der Waals surface area (Å²) in [4.78, 5) is 15.2. The second kappa shape index (κ2) is 11.3. The number of hydrogen-bond acceptors (Lipinski definition) is 6. The molecule has 10 aromatic rings. The van der Waals surface area contributed by atoms with E-state index in [1.54, 1.807) is 0 Å². The number of nitrogens with zero attached hydrogens (tertiary/aromatic N) is 5. The van der Waals surface area contributed by atoms with Gasteiger partial charge in [0.2, 0.25) is 17.4 Å². The summed E-state index contributed by atoms with van der Waals surface area (Å²) in [5.74, 6) is 2.47. The molecule has 8 nitrogen and oxygen atoms in total. The molecule has 0 aliphatic heterocycles. The second-order valence-corrected chi connectivity index (χ2v) is 15.3. The van der Waals surface area contributed by atoms with Crippen molar-refractivity contribution in [2.45, 2.75) is 52.4 Å². The van der Waals surface area contributed by atoms with Crippen LogP contribution in [-0.4, -0.2) is 23.9 Å². The Bertz CT molecular complexity index is 2930.